The van der Waals surface area contributed by atoms with E-state index >= 15 is 0 Å². The molecule has 5 nitrogen and oxygen atoms in total. The van der Waals surface area contributed by atoms with Crippen LogP contribution in [-0.4, -0.2) is 50.4 Å². The molecule has 1 amide bonds. The maximum absolute atomic E-state index is 12.0. The standard InChI is InChI=1S/C12H18N2O3S2/c1-14(7-10-2-4-18-8-10)12(15)6-11-9-19(16,17)5-3-13-11/h2,4,8,11,13H,3,5-7,9H2,1H3. The molecule has 0 bridgehead atoms. The predicted molar refractivity (Wildman–Crippen MR) is 75.9 cm³/mol. The second-order valence-electron chi connectivity index (χ2n) is 4.85. The normalized spacial score (nSPS) is 22.1. The van der Waals surface area contributed by atoms with Crippen molar-refractivity contribution in [3.05, 3.63) is 22.4 Å². The Hall–Kier alpha value is -0.920. The first-order valence-corrected chi connectivity index (χ1v) is 8.91. The molecule has 0 aliphatic carbocycles. The van der Waals surface area contributed by atoms with Crippen molar-refractivity contribution < 1.29 is 13.2 Å². The van der Waals surface area contributed by atoms with E-state index in [2.05, 4.69) is 5.32 Å². The fraction of sp³-hybridized carbons (Fsp3) is 0.583. The van der Waals surface area contributed by atoms with Gasteiger partial charge in [0, 0.05) is 32.6 Å². The molecule has 1 unspecified atom stereocenters. The van der Waals surface area contributed by atoms with Crippen LogP contribution in [0.5, 0.6) is 0 Å². The summed E-state index contributed by atoms with van der Waals surface area (Å²) >= 11 is 1.60. The molecule has 1 aliphatic rings. The highest BCUT2D eigenvalue weighted by molar-refractivity contribution is 7.91. The van der Waals surface area contributed by atoms with E-state index in [4.69, 9.17) is 0 Å². The molecule has 1 aromatic rings. The highest BCUT2D eigenvalue weighted by Crippen LogP contribution is 2.11. The van der Waals surface area contributed by atoms with Crippen molar-refractivity contribution in [1.82, 2.24) is 10.2 Å². The van der Waals surface area contributed by atoms with E-state index in [1.807, 2.05) is 16.8 Å². The number of amides is 1. The first-order valence-electron chi connectivity index (χ1n) is 6.15. The van der Waals surface area contributed by atoms with E-state index in [0.717, 1.165) is 5.56 Å². The number of sulfone groups is 1. The Morgan fingerprint density at radius 3 is 3.00 bits per heavy atom. The minimum Gasteiger partial charge on any atom is -0.341 e. The highest BCUT2D eigenvalue weighted by Gasteiger charge is 2.26. The van der Waals surface area contributed by atoms with Gasteiger partial charge in [-0.15, -0.1) is 0 Å². The summed E-state index contributed by atoms with van der Waals surface area (Å²) in [6.45, 7) is 1.01. The zero-order chi connectivity index (χ0) is 13.9. The number of hydrogen-bond donors (Lipinski definition) is 1. The van der Waals surface area contributed by atoms with Crippen molar-refractivity contribution >= 4 is 27.1 Å². The molecule has 0 aromatic carbocycles. The number of carbonyl (C=O) groups is 1. The molecule has 0 radical (unpaired) electrons. The van der Waals surface area contributed by atoms with Crippen LogP contribution >= 0.6 is 11.3 Å². The summed E-state index contributed by atoms with van der Waals surface area (Å²) in [4.78, 5) is 13.7. The molecule has 1 aliphatic heterocycles. The van der Waals surface area contributed by atoms with Gasteiger partial charge in [0.1, 0.15) is 0 Å². The lowest BCUT2D eigenvalue weighted by Gasteiger charge is -2.25. The molecule has 1 aromatic heterocycles. The molecule has 1 fully saturated rings. The molecular formula is C12H18N2O3S2. The fourth-order valence-electron chi connectivity index (χ4n) is 2.11. The first-order chi connectivity index (χ1) is 8.96. The summed E-state index contributed by atoms with van der Waals surface area (Å²) in [6, 6.07) is 1.73. The summed E-state index contributed by atoms with van der Waals surface area (Å²) in [5.41, 5.74) is 1.10. The number of nitrogens with zero attached hydrogens (tertiary/aromatic N) is 1. The summed E-state index contributed by atoms with van der Waals surface area (Å²) in [7, 11) is -1.24. The SMILES string of the molecule is CN(Cc1ccsc1)C(=O)CC1CS(=O)(=O)CCN1. The Bertz CT molecular complexity index is 525. The van der Waals surface area contributed by atoms with Gasteiger partial charge in [0.05, 0.1) is 11.5 Å². The van der Waals surface area contributed by atoms with Gasteiger partial charge in [-0.05, 0) is 22.4 Å². The maximum Gasteiger partial charge on any atom is 0.224 e. The van der Waals surface area contributed by atoms with Crippen molar-refractivity contribution in [2.45, 2.75) is 19.0 Å². The van der Waals surface area contributed by atoms with Crippen LogP contribution in [-0.2, 0) is 21.2 Å². The van der Waals surface area contributed by atoms with Crippen LogP contribution in [0.1, 0.15) is 12.0 Å². The molecule has 7 heteroatoms. The molecule has 0 spiro atoms. The topological polar surface area (TPSA) is 66.5 Å². The minimum absolute atomic E-state index is 0.0270. The lowest BCUT2D eigenvalue weighted by atomic mass is 10.2. The third kappa shape index (κ3) is 4.29. The third-order valence-corrected chi connectivity index (χ3v) is 5.62. The van der Waals surface area contributed by atoms with Gasteiger partial charge >= 0.3 is 0 Å². The van der Waals surface area contributed by atoms with E-state index in [9.17, 15) is 13.2 Å². The Labute approximate surface area is 117 Å². The molecule has 1 saturated heterocycles. The highest BCUT2D eigenvalue weighted by atomic mass is 32.2. The van der Waals surface area contributed by atoms with Gasteiger partial charge in [-0.2, -0.15) is 11.3 Å². The Morgan fingerprint density at radius 1 is 1.58 bits per heavy atom. The number of thiophene rings is 1. The van der Waals surface area contributed by atoms with Gasteiger partial charge in [-0.3, -0.25) is 4.79 Å². The summed E-state index contributed by atoms with van der Waals surface area (Å²) in [6.07, 6.45) is 0.236. The van der Waals surface area contributed by atoms with Crippen LogP contribution in [0, 0.1) is 0 Å². The number of rotatable bonds is 4. The monoisotopic (exact) mass is 302 g/mol. The summed E-state index contributed by atoms with van der Waals surface area (Å²) in [5.74, 6) is 0.203. The van der Waals surface area contributed by atoms with Crippen LogP contribution in [0.4, 0.5) is 0 Å². The number of hydrogen-bond acceptors (Lipinski definition) is 5. The van der Waals surface area contributed by atoms with Gasteiger partial charge in [0.2, 0.25) is 5.91 Å². The average molecular weight is 302 g/mol. The van der Waals surface area contributed by atoms with Crippen LogP contribution in [0.15, 0.2) is 16.8 Å². The van der Waals surface area contributed by atoms with Gasteiger partial charge in [0.25, 0.3) is 0 Å². The van der Waals surface area contributed by atoms with Gasteiger partial charge < -0.3 is 10.2 Å². The fourth-order valence-corrected chi connectivity index (χ4v) is 4.21. The van der Waals surface area contributed by atoms with E-state index in [0.29, 0.717) is 13.1 Å². The van der Waals surface area contributed by atoms with Crippen LogP contribution < -0.4 is 5.32 Å². The largest absolute Gasteiger partial charge is 0.341 e. The van der Waals surface area contributed by atoms with Crippen molar-refractivity contribution in [3.63, 3.8) is 0 Å². The van der Waals surface area contributed by atoms with E-state index in [1.165, 1.54) is 0 Å². The van der Waals surface area contributed by atoms with Gasteiger partial charge in [-0.25, -0.2) is 8.42 Å². The van der Waals surface area contributed by atoms with Gasteiger partial charge in [0.15, 0.2) is 9.84 Å². The Morgan fingerprint density at radius 2 is 2.37 bits per heavy atom. The van der Waals surface area contributed by atoms with Crippen LogP contribution in [0.3, 0.4) is 0 Å². The molecular weight excluding hydrogens is 284 g/mol. The number of carbonyl (C=O) groups excluding carboxylic acids is 1. The van der Waals surface area contributed by atoms with Crippen molar-refractivity contribution in [2.24, 2.45) is 0 Å². The summed E-state index contributed by atoms with van der Waals surface area (Å²) in [5, 5.41) is 7.08. The average Bonchev–Trinajstić information content (AvgIpc) is 2.80. The molecule has 1 N–H and O–H groups in total. The molecule has 2 rings (SSSR count). The molecule has 0 saturated carbocycles. The third-order valence-electron chi connectivity index (χ3n) is 3.15. The minimum atomic E-state index is -2.98. The maximum atomic E-state index is 12.0. The predicted octanol–water partition coefficient (Wildman–Crippen LogP) is 0.483. The Kier molecular flexibility index (Phi) is 4.59. The second-order valence-corrected chi connectivity index (χ2v) is 7.86. The van der Waals surface area contributed by atoms with E-state index < -0.39 is 9.84 Å². The van der Waals surface area contributed by atoms with Crippen LogP contribution in [0.25, 0.3) is 0 Å². The molecule has 19 heavy (non-hydrogen) atoms. The van der Waals surface area contributed by atoms with E-state index in [1.54, 1.807) is 23.3 Å². The quantitative estimate of drug-likeness (QED) is 0.879. The zero-order valence-electron chi connectivity index (χ0n) is 10.8. The van der Waals surface area contributed by atoms with Gasteiger partial charge in [-0.1, -0.05) is 0 Å². The molecule has 1 atom stereocenters. The first kappa shape index (κ1) is 14.5. The Balaban J connectivity index is 1.86. The van der Waals surface area contributed by atoms with Crippen molar-refractivity contribution in [1.29, 1.82) is 0 Å². The van der Waals surface area contributed by atoms with Crippen LogP contribution in [0.2, 0.25) is 0 Å². The van der Waals surface area contributed by atoms with E-state index in [-0.39, 0.29) is 29.9 Å². The second kappa shape index (κ2) is 6.02. The summed E-state index contributed by atoms with van der Waals surface area (Å²) < 4.78 is 23.0. The molecule has 2 heterocycles. The molecule has 106 valence electrons. The lowest BCUT2D eigenvalue weighted by molar-refractivity contribution is -0.130. The van der Waals surface area contributed by atoms with Crippen molar-refractivity contribution in [3.8, 4) is 0 Å². The zero-order valence-corrected chi connectivity index (χ0v) is 12.5. The number of nitrogens with one attached hydrogen (secondary N) is 1. The smallest absolute Gasteiger partial charge is 0.224 e. The van der Waals surface area contributed by atoms with Crippen molar-refractivity contribution in [2.75, 3.05) is 25.1 Å². The lowest BCUT2D eigenvalue weighted by Crippen LogP contribution is -2.47.